The molecule has 0 saturated carbocycles. The molecule has 1 heterocycles. The molecule has 1 fully saturated rings. The van der Waals surface area contributed by atoms with E-state index in [1.165, 1.54) is 12.1 Å². The number of benzene rings is 2. The van der Waals surface area contributed by atoms with Crippen LogP contribution in [0.1, 0.15) is 50.0 Å². The lowest BCUT2D eigenvalue weighted by Gasteiger charge is -2.51. The van der Waals surface area contributed by atoms with Gasteiger partial charge in [-0.3, -0.25) is 4.79 Å². The molecular formula is C25H31ClN2O4. The first-order chi connectivity index (χ1) is 14.9. The highest BCUT2D eigenvalue weighted by Crippen LogP contribution is 2.46. The van der Waals surface area contributed by atoms with Gasteiger partial charge in [0, 0.05) is 29.2 Å². The SMILES string of the molecule is CC(C)[C@@H](Nc1cccc(C(=O)O)c1)C(=O)N1CC[C@](O)(c2ccc(Cl)cc2)C(C)(C)C1. The minimum Gasteiger partial charge on any atom is -0.478 e. The van der Waals surface area contributed by atoms with E-state index >= 15 is 0 Å². The molecule has 1 aliphatic heterocycles. The number of aliphatic hydroxyl groups is 1. The van der Waals surface area contributed by atoms with E-state index in [0.717, 1.165) is 5.56 Å². The van der Waals surface area contributed by atoms with Gasteiger partial charge in [-0.05, 0) is 48.2 Å². The Balaban J connectivity index is 1.80. The summed E-state index contributed by atoms with van der Waals surface area (Å²) in [5.74, 6) is -1.09. The summed E-state index contributed by atoms with van der Waals surface area (Å²) in [7, 11) is 0. The molecule has 1 aliphatic rings. The number of hydrogen-bond acceptors (Lipinski definition) is 4. The van der Waals surface area contributed by atoms with E-state index < -0.39 is 23.0 Å². The second-order valence-corrected chi connectivity index (χ2v) is 9.95. The number of carboxylic acid groups (broad SMARTS) is 1. The molecule has 0 aromatic heterocycles. The molecule has 6 nitrogen and oxygen atoms in total. The first kappa shape index (κ1) is 24.1. The minimum atomic E-state index is -1.08. The van der Waals surface area contributed by atoms with Crippen LogP contribution in [0.5, 0.6) is 0 Å². The smallest absolute Gasteiger partial charge is 0.335 e. The largest absolute Gasteiger partial charge is 0.478 e. The first-order valence-corrected chi connectivity index (χ1v) is 11.2. The van der Waals surface area contributed by atoms with Crippen molar-refractivity contribution in [3.05, 3.63) is 64.7 Å². The van der Waals surface area contributed by atoms with E-state index in [-0.39, 0.29) is 17.4 Å². The number of halogens is 1. The van der Waals surface area contributed by atoms with Crippen LogP contribution in [0.2, 0.25) is 5.02 Å². The number of aromatic carboxylic acids is 1. The molecule has 2 atom stereocenters. The molecule has 32 heavy (non-hydrogen) atoms. The molecule has 0 unspecified atom stereocenters. The van der Waals surface area contributed by atoms with Gasteiger partial charge in [-0.1, -0.05) is 57.5 Å². The van der Waals surface area contributed by atoms with Crippen molar-refractivity contribution in [2.45, 2.75) is 45.8 Å². The molecule has 1 saturated heterocycles. The summed E-state index contributed by atoms with van der Waals surface area (Å²) in [5, 5.41) is 24.7. The molecule has 0 radical (unpaired) electrons. The van der Waals surface area contributed by atoms with Gasteiger partial charge in [0.1, 0.15) is 6.04 Å². The maximum Gasteiger partial charge on any atom is 0.335 e. The Labute approximate surface area is 194 Å². The van der Waals surface area contributed by atoms with Gasteiger partial charge in [-0.2, -0.15) is 0 Å². The molecule has 7 heteroatoms. The average Bonchev–Trinajstić information content (AvgIpc) is 2.74. The zero-order valence-electron chi connectivity index (χ0n) is 18.9. The zero-order chi connectivity index (χ0) is 23.7. The molecule has 2 aromatic carbocycles. The quantitative estimate of drug-likeness (QED) is 0.587. The number of amides is 1. The highest BCUT2D eigenvalue weighted by atomic mass is 35.5. The van der Waals surface area contributed by atoms with Crippen LogP contribution in [0.4, 0.5) is 5.69 Å². The van der Waals surface area contributed by atoms with E-state index in [9.17, 15) is 19.8 Å². The second-order valence-electron chi connectivity index (χ2n) is 9.51. The van der Waals surface area contributed by atoms with Crippen molar-refractivity contribution in [1.82, 2.24) is 4.90 Å². The van der Waals surface area contributed by atoms with Gasteiger partial charge in [0.25, 0.3) is 0 Å². The zero-order valence-corrected chi connectivity index (χ0v) is 19.7. The van der Waals surface area contributed by atoms with Crippen LogP contribution >= 0.6 is 11.6 Å². The van der Waals surface area contributed by atoms with Crippen molar-refractivity contribution in [3.63, 3.8) is 0 Å². The third-order valence-corrected chi connectivity index (χ3v) is 6.70. The lowest BCUT2D eigenvalue weighted by atomic mass is 9.66. The fourth-order valence-corrected chi connectivity index (χ4v) is 4.53. The van der Waals surface area contributed by atoms with Gasteiger partial charge >= 0.3 is 5.97 Å². The fourth-order valence-electron chi connectivity index (χ4n) is 4.40. The van der Waals surface area contributed by atoms with Crippen molar-refractivity contribution in [3.8, 4) is 0 Å². The maximum absolute atomic E-state index is 13.5. The highest BCUT2D eigenvalue weighted by molar-refractivity contribution is 6.30. The molecule has 0 aliphatic carbocycles. The number of carbonyl (C=O) groups excluding carboxylic acids is 1. The lowest BCUT2D eigenvalue weighted by molar-refractivity contribution is -0.154. The fraction of sp³-hybridized carbons (Fsp3) is 0.440. The summed E-state index contributed by atoms with van der Waals surface area (Å²) in [4.78, 5) is 26.6. The summed E-state index contributed by atoms with van der Waals surface area (Å²) >= 11 is 6.02. The summed E-state index contributed by atoms with van der Waals surface area (Å²) in [6, 6.07) is 13.2. The van der Waals surface area contributed by atoms with Gasteiger partial charge < -0.3 is 20.4 Å². The maximum atomic E-state index is 13.5. The second kappa shape index (κ2) is 9.12. The van der Waals surface area contributed by atoms with E-state index in [2.05, 4.69) is 5.32 Å². The van der Waals surface area contributed by atoms with Crippen LogP contribution in [0, 0.1) is 11.3 Å². The lowest BCUT2D eigenvalue weighted by Crippen LogP contribution is -2.59. The monoisotopic (exact) mass is 458 g/mol. The molecular weight excluding hydrogens is 428 g/mol. The van der Waals surface area contributed by atoms with Crippen molar-refractivity contribution in [2.75, 3.05) is 18.4 Å². The standard InChI is InChI=1S/C25H31ClN2O4/c1-16(2)21(27-20-7-5-6-17(14-20)23(30)31)22(29)28-13-12-25(32,24(3,4)15-28)18-8-10-19(26)11-9-18/h5-11,14,16,21,27,32H,12-13,15H2,1-4H3,(H,30,31)/t21-,25+/m1/s1. The third-order valence-electron chi connectivity index (χ3n) is 6.45. The Morgan fingerprint density at radius 1 is 1.12 bits per heavy atom. The molecule has 3 rings (SSSR count). The van der Waals surface area contributed by atoms with Gasteiger partial charge in [0.2, 0.25) is 5.91 Å². The molecule has 172 valence electrons. The Morgan fingerprint density at radius 3 is 2.34 bits per heavy atom. The van der Waals surface area contributed by atoms with Crippen molar-refractivity contribution >= 4 is 29.2 Å². The van der Waals surface area contributed by atoms with Gasteiger partial charge in [0.05, 0.1) is 11.2 Å². The molecule has 1 amide bonds. The number of hydrogen-bond donors (Lipinski definition) is 3. The van der Waals surface area contributed by atoms with Crippen molar-refractivity contribution in [1.29, 1.82) is 0 Å². The van der Waals surface area contributed by atoms with Crippen LogP contribution in [0.15, 0.2) is 48.5 Å². The van der Waals surface area contributed by atoms with Crippen LogP contribution in [0.25, 0.3) is 0 Å². The van der Waals surface area contributed by atoms with Crippen molar-refractivity contribution in [2.24, 2.45) is 11.3 Å². The molecule has 3 N–H and O–H groups in total. The van der Waals surface area contributed by atoms with Crippen molar-refractivity contribution < 1.29 is 19.8 Å². The average molecular weight is 459 g/mol. The number of nitrogens with one attached hydrogen (secondary N) is 1. The van der Waals surface area contributed by atoms with E-state index in [4.69, 9.17) is 11.6 Å². The number of likely N-dealkylation sites (tertiary alicyclic amines) is 1. The summed E-state index contributed by atoms with van der Waals surface area (Å²) in [6.45, 7) is 8.66. The Kier molecular flexibility index (Phi) is 6.86. The van der Waals surface area contributed by atoms with Crippen LogP contribution in [-0.4, -0.2) is 46.1 Å². The molecule has 0 spiro atoms. The van der Waals surface area contributed by atoms with E-state index in [1.54, 1.807) is 29.2 Å². The molecule has 2 aromatic rings. The van der Waals surface area contributed by atoms with Crippen LogP contribution < -0.4 is 5.32 Å². The van der Waals surface area contributed by atoms with E-state index in [0.29, 0.717) is 30.2 Å². The molecule has 0 bridgehead atoms. The third kappa shape index (κ3) is 4.76. The minimum absolute atomic E-state index is 0.0174. The highest BCUT2D eigenvalue weighted by Gasteiger charge is 2.50. The Hall–Kier alpha value is -2.57. The van der Waals surface area contributed by atoms with Crippen LogP contribution in [0.3, 0.4) is 0 Å². The predicted molar refractivity (Wildman–Crippen MR) is 126 cm³/mol. The number of rotatable bonds is 6. The summed E-state index contributed by atoms with van der Waals surface area (Å²) in [5.41, 5.74) is -0.115. The number of anilines is 1. The summed E-state index contributed by atoms with van der Waals surface area (Å²) in [6.07, 6.45) is 0.409. The topological polar surface area (TPSA) is 89.9 Å². The Morgan fingerprint density at radius 2 is 1.78 bits per heavy atom. The number of nitrogens with zero attached hydrogens (tertiary/aromatic N) is 1. The van der Waals surface area contributed by atoms with Gasteiger partial charge in [-0.15, -0.1) is 0 Å². The van der Waals surface area contributed by atoms with Gasteiger partial charge in [-0.25, -0.2) is 4.79 Å². The Bertz CT molecular complexity index is 990. The predicted octanol–water partition coefficient (Wildman–Crippen LogP) is 4.62. The number of carbonyl (C=O) groups is 2. The van der Waals surface area contributed by atoms with E-state index in [1.807, 2.05) is 39.8 Å². The van der Waals surface area contributed by atoms with Gasteiger partial charge in [0.15, 0.2) is 0 Å². The van der Waals surface area contributed by atoms with Crippen LogP contribution in [-0.2, 0) is 10.4 Å². The number of piperidine rings is 1. The first-order valence-electron chi connectivity index (χ1n) is 10.8. The number of carboxylic acids is 1. The summed E-state index contributed by atoms with van der Waals surface area (Å²) < 4.78 is 0. The normalized spacial score (nSPS) is 21.3.